The molecule has 0 fully saturated rings. The smallest absolute Gasteiger partial charge is 0.145 e. The van der Waals surface area contributed by atoms with E-state index in [4.69, 9.17) is 4.42 Å². The molecule has 2 heterocycles. The largest absolute Gasteiger partial charge is 0.506 e. The maximum absolute atomic E-state index is 9.44. The van der Waals surface area contributed by atoms with Gasteiger partial charge in [0.2, 0.25) is 0 Å². The van der Waals surface area contributed by atoms with Gasteiger partial charge in [-0.15, -0.1) is 0 Å². The third-order valence-corrected chi connectivity index (χ3v) is 1.96. The summed E-state index contributed by atoms with van der Waals surface area (Å²) in [5.74, 6) is 1.72. The maximum Gasteiger partial charge on any atom is 0.145 e. The number of aromatic hydroxyl groups is 1. The van der Waals surface area contributed by atoms with Crippen LogP contribution in [0, 0.1) is 13.8 Å². The number of hydrogen-bond donors (Lipinski definition) is 1. The SMILES string of the molecule is Cc1oc(C)c2c(O)cncc12. The minimum Gasteiger partial charge on any atom is -0.506 e. The molecule has 3 heteroatoms. The minimum atomic E-state index is 0.182. The third kappa shape index (κ3) is 0.794. The van der Waals surface area contributed by atoms with Crippen LogP contribution >= 0.6 is 0 Å². The van der Waals surface area contributed by atoms with Gasteiger partial charge >= 0.3 is 0 Å². The summed E-state index contributed by atoms with van der Waals surface area (Å²) in [5.41, 5.74) is 0. The molecule has 0 aliphatic carbocycles. The summed E-state index contributed by atoms with van der Waals surface area (Å²) < 4.78 is 5.35. The Morgan fingerprint density at radius 2 is 2.00 bits per heavy atom. The Morgan fingerprint density at radius 1 is 1.25 bits per heavy atom. The lowest BCUT2D eigenvalue weighted by atomic mass is 10.2. The lowest BCUT2D eigenvalue weighted by Crippen LogP contribution is -1.74. The quantitative estimate of drug-likeness (QED) is 0.647. The standard InChI is InChI=1S/C9H9NO2/c1-5-7-3-10-4-8(11)9(7)6(2)12-5/h3-4,11H,1-2H3. The predicted octanol–water partition coefficient (Wildman–Crippen LogP) is 2.15. The maximum atomic E-state index is 9.44. The number of furan rings is 1. The monoisotopic (exact) mass is 163 g/mol. The molecule has 2 rings (SSSR count). The first kappa shape index (κ1) is 7.16. The summed E-state index contributed by atoms with van der Waals surface area (Å²) >= 11 is 0. The zero-order chi connectivity index (χ0) is 8.72. The van der Waals surface area contributed by atoms with E-state index in [0.29, 0.717) is 0 Å². The van der Waals surface area contributed by atoms with Gasteiger partial charge in [-0.2, -0.15) is 0 Å². The topological polar surface area (TPSA) is 46.3 Å². The fraction of sp³-hybridized carbons (Fsp3) is 0.222. The van der Waals surface area contributed by atoms with Crippen molar-refractivity contribution in [3.63, 3.8) is 0 Å². The molecule has 0 bridgehead atoms. The molecular weight excluding hydrogens is 154 g/mol. The van der Waals surface area contributed by atoms with Crippen molar-refractivity contribution in [2.45, 2.75) is 13.8 Å². The van der Waals surface area contributed by atoms with Gasteiger partial charge in [0.25, 0.3) is 0 Å². The average Bonchev–Trinajstić information content (AvgIpc) is 2.29. The van der Waals surface area contributed by atoms with Crippen LogP contribution in [0.5, 0.6) is 5.75 Å². The van der Waals surface area contributed by atoms with Gasteiger partial charge in [-0.3, -0.25) is 4.98 Å². The second kappa shape index (κ2) is 2.24. The van der Waals surface area contributed by atoms with Gasteiger partial charge in [0.15, 0.2) is 0 Å². The van der Waals surface area contributed by atoms with E-state index < -0.39 is 0 Å². The fourth-order valence-electron chi connectivity index (χ4n) is 1.42. The molecule has 0 saturated heterocycles. The van der Waals surface area contributed by atoms with Gasteiger partial charge in [0, 0.05) is 11.6 Å². The van der Waals surface area contributed by atoms with E-state index in [2.05, 4.69) is 4.98 Å². The number of rotatable bonds is 0. The Morgan fingerprint density at radius 3 is 2.67 bits per heavy atom. The molecule has 0 amide bonds. The van der Waals surface area contributed by atoms with E-state index >= 15 is 0 Å². The molecule has 0 aromatic carbocycles. The molecule has 12 heavy (non-hydrogen) atoms. The number of hydrogen-bond acceptors (Lipinski definition) is 3. The van der Waals surface area contributed by atoms with Crippen molar-refractivity contribution in [1.29, 1.82) is 0 Å². The molecule has 2 aromatic heterocycles. The number of aryl methyl sites for hydroxylation is 2. The molecule has 0 saturated carbocycles. The van der Waals surface area contributed by atoms with Crippen molar-refractivity contribution in [2.24, 2.45) is 0 Å². The number of fused-ring (bicyclic) bond motifs is 1. The number of aromatic nitrogens is 1. The lowest BCUT2D eigenvalue weighted by molar-refractivity contribution is 0.475. The van der Waals surface area contributed by atoms with Crippen molar-refractivity contribution in [3.8, 4) is 5.75 Å². The predicted molar refractivity (Wildman–Crippen MR) is 45.1 cm³/mol. The summed E-state index contributed by atoms with van der Waals surface area (Å²) in [5, 5.41) is 11.1. The van der Waals surface area contributed by atoms with E-state index in [1.807, 2.05) is 13.8 Å². The highest BCUT2D eigenvalue weighted by molar-refractivity contribution is 5.90. The van der Waals surface area contributed by atoms with Crippen LogP contribution in [0.4, 0.5) is 0 Å². The highest BCUT2D eigenvalue weighted by Gasteiger charge is 2.09. The van der Waals surface area contributed by atoms with Crippen LogP contribution in [0.1, 0.15) is 11.5 Å². The van der Waals surface area contributed by atoms with Crippen molar-refractivity contribution < 1.29 is 9.52 Å². The van der Waals surface area contributed by atoms with Gasteiger partial charge in [0.1, 0.15) is 17.3 Å². The Labute approximate surface area is 69.7 Å². The first-order valence-corrected chi connectivity index (χ1v) is 3.73. The molecule has 0 spiro atoms. The van der Waals surface area contributed by atoms with Crippen LogP contribution in [-0.4, -0.2) is 10.1 Å². The van der Waals surface area contributed by atoms with Gasteiger partial charge in [-0.25, -0.2) is 0 Å². The highest BCUT2D eigenvalue weighted by atomic mass is 16.3. The van der Waals surface area contributed by atoms with Crippen molar-refractivity contribution >= 4 is 10.8 Å². The fourth-order valence-corrected chi connectivity index (χ4v) is 1.42. The third-order valence-electron chi connectivity index (χ3n) is 1.96. The summed E-state index contributed by atoms with van der Waals surface area (Å²) in [4.78, 5) is 3.88. The Hall–Kier alpha value is -1.51. The molecule has 0 aliphatic rings. The van der Waals surface area contributed by atoms with Crippen LogP contribution in [0.3, 0.4) is 0 Å². The van der Waals surface area contributed by atoms with Crippen molar-refractivity contribution in [1.82, 2.24) is 4.98 Å². The van der Waals surface area contributed by atoms with Gasteiger partial charge < -0.3 is 9.52 Å². The molecule has 0 radical (unpaired) electrons. The molecule has 0 unspecified atom stereocenters. The normalized spacial score (nSPS) is 10.8. The molecule has 0 aliphatic heterocycles. The number of nitrogens with zero attached hydrogens (tertiary/aromatic N) is 1. The molecule has 0 atom stereocenters. The second-order valence-electron chi connectivity index (χ2n) is 2.80. The van der Waals surface area contributed by atoms with Crippen LogP contribution in [0.15, 0.2) is 16.8 Å². The Bertz CT molecular complexity index is 431. The minimum absolute atomic E-state index is 0.182. The molecule has 1 N–H and O–H groups in total. The van der Waals surface area contributed by atoms with Gasteiger partial charge in [-0.05, 0) is 13.8 Å². The Kier molecular flexibility index (Phi) is 1.33. The van der Waals surface area contributed by atoms with Crippen LogP contribution < -0.4 is 0 Å². The van der Waals surface area contributed by atoms with Crippen LogP contribution in [-0.2, 0) is 0 Å². The molecule has 2 aromatic rings. The van der Waals surface area contributed by atoms with Crippen LogP contribution in [0.25, 0.3) is 10.8 Å². The first-order valence-electron chi connectivity index (χ1n) is 3.73. The van der Waals surface area contributed by atoms with E-state index in [1.165, 1.54) is 6.20 Å². The van der Waals surface area contributed by atoms with Crippen molar-refractivity contribution in [2.75, 3.05) is 0 Å². The zero-order valence-corrected chi connectivity index (χ0v) is 6.96. The van der Waals surface area contributed by atoms with E-state index in [-0.39, 0.29) is 5.75 Å². The van der Waals surface area contributed by atoms with E-state index in [9.17, 15) is 5.11 Å². The van der Waals surface area contributed by atoms with E-state index in [1.54, 1.807) is 6.20 Å². The Balaban J connectivity index is 2.99. The van der Waals surface area contributed by atoms with Crippen LogP contribution in [0.2, 0.25) is 0 Å². The summed E-state index contributed by atoms with van der Waals surface area (Å²) in [7, 11) is 0. The van der Waals surface area contributed by atoms with E-state index in [0.717, 1.165) is 22.3 Å². The molecule has 62 valence electrons. The summed E-state index contributed by atoms with van der Waals surface area (Å²) in [6.45, 7) is 3.69. The summed E-state index contributed by atoms with van der Waals surface area (Å²) in [6, 6.07) is 0. The number of pyridine rings is 1. The molecule has 3 nitrogen and oxygen atoms in total. The van der Waals surface area contributed by atoms with Gasteiger partial charge in [-0.1, -0.05) is 0 Å². The second-order valence-corrected chi connectivity index (χ2v) is 2.80. The van der Waals surface area contributed by atoms with Gasteiger partial charge in [0.05, 0.1) is 11.6 Å². The van der Waals surface area contributed by atoms with Crippen molar-refractivity contribution in [3.05, 3.63) is 23.9 Å². The lowest BCUT2D eigenvalue weighted by Gasteiger charge is -1.92. The average molecular weight is 163 g/mol. The summed E-state index contributed by atoms with van der Waals surface area (Å²) in [6.07, 6.45) is 3.12. The molecular formula is C9H9NO2. The highest BCUT2D eigenvalue weighted by Crippen LogP contribution is 2.30. The zero-order valence-electron chi connectivity index (χ0n) is 6.96. The first-order chi connectivity index (χ1) is 5.70.